The minimum absolute atomic E-state index is 0.0794. The van der Waals surface area contributed by atoms with Crippen molar-refractivity contribution in [3.05, 3.63) is 89.0 Å². The fourth-order valence-electron chi connectivity index (χ4n) is 3.27. The monoisotopic (exact) mass is 371 g/mol. The maximum absolute atomic E-state index is 14.8. The second kappa shape index (κ2) is 6.38. The van der Waals surface area contributed by atoms with Crippen LogP contribution in [-0.2, 0) is 6.54 Å². The summed E-state index contributed by atoms with van der Waals surface area (Å²) in [6.07, 6.45) is 6.34. The molecule has 28 heavy (non-hydrogen) atoms. The van der Waals surface area contributed by atoms with Gasteiger partial charge in [0.25, 0.3) is 5.56 Å². The Labute approximate surface area is 158 Å². The van der Waals surface area contributed by atoms with Crippen LogP contribution in [0.1, 0.15) is 5.56 Å². The Balaban J connectivity index is 1.54. The summed E-state index contributed by atoms with van der Waals surface area (Å²) in [5, 5.41) is 0.961. The van der Waals surface area contributed by atoms with E-state index in [0.717, 1.165) is 22.2 Å². The summed E-state index contributed by atoms with van der Waals surface area (Å²) in [6.45, 7) is 0.0794. The molecule has 0 amide bonds. The fraction of sp³-hybridized carbons (Fsp3) is 0.0476. The van der Waals surface area contributed by atoms with Crippen LogP contribution >= 0.6 is 0 Å². The largest absolute Gasteiger partial charge is 0.346 e. The van der Waals surface area contributed by atoms with Crippen LogP contribution in [0.15, 0.2) is 72.0 Å². The van der Waals surface area contributed by atoms with Crippen LogP contribution in [0.2, 0.25) is 0 Å². The molecule has 4 heterocycles. The molecule has 0 saturated heterocycles. The predicted octanol–water partition coefficient (Wildman–Crippen LogP) is 3.52. The zero-order valence-electron chi connectivity index (χ0n) is 14.6. The molecular weight excluding hydrogens is 357 g/mol. The van der Waals surface area contributed by atoms with E-state index in [4.69, 9.17) is 0 Å². The Kier molecular flexibility index (Phi) is 3.72. The van der Waals surface area contributed by atoms with E-state index in [-0.39, 0.29) is 17.9 Å². The highest BCUT2D eigenvalue weighted by atomic mass is 19.1. The van der Waals surface area contributed by atoms with Gasteiger partial charge in [-0.3, -0.25) is 9.36 Å². The molecule has 0 aliphatic rings. The molecule has 0 atom stereocenters. The molecule has 136 valence electrons. The van der Waals surface area contributed by atoms with Gasteiger partial charge in [0.2, 0.25) is 0 Å². The fourth-order valence-corrected chi connectivity index (χ4v) is 3.27. The molecule has 1 aromatic carbocycles. The average molecular weight is 371 g/mol. The van der Waals surface area contributed by atoms with Crippen molar-refractivity contribution in [2.45, 2.75) is 6.54 Å². The van der Waals surface area contributed by atoms with Crippen molar-refractivity contribution >= 4 is 22.2 Å². The number of aromatic amines is 1. The van der Waals surface area contributed by atoms with Crippen molar-refractivity contribution in [3.8, 4) is 11.1 Å². The standard InChI is InChI=1S/C21H14FN5O/c22-17-9-13(16-8-14-5-7-23-20(14)26-10-16)3-4-15(17)12-27-19(28)11-25-18-2-1-6-24-21(18)27/h1-11H,12H2,(H,23,26). The molecule has 0 spiro atoms. The Morgan fingerprint density at radius 3 is 2.82 bits per heavy atom. The van der Waals surface area contributed by atoms with Crippen molar-refractivity contribution in [1.82, 2.24) is 24.5 Å². The molecule has 7 heteroatoms. The predicted molar refractivity (Wildman–Crippen MR) is 104 cm³/mol. The highest BCUT2D eigenvalue weighted by Crippen LogP contribution is 2.24. The normalized spacial score (nSPS) is 11.3. The zero-order chi connectivity index (χ0) is 19.1. The van der Waals surface area contributed by atoms with Crippen molar-refractivity contribution in [2.24, 2.45) is 0 Å². The lowest BCUT2D eigenvalue weighted by Crippen LogP contribution is -2.22. The number of halogens is 1. The quantitative estimate of drug-likeness (QED) is 0.526. The van der Waals surface area contributed by atoms with Gasteiger partial charge in [-0.25, -0.2) is 19.3 Å². The third-order valence-electron chi connectivity index (χ3n) is 4.72. The van der Waals surface area contributed by atoms with Crippen LogP contribution in [0.3, 0.4) is 0 Å². The average Bonchev–Trinajstić information content (AvgIpc) is 3.19. The highest BCUT2D eigenvalue weighted by molar-refractivity contribution is 5.81. The smallest absolute Gasteiger partial charge is 0.270 e. The number of nitrogens with zero attached hydrogens (tertiary/aromatic N) is 4. The van der Waals surface area contributed by atoms with Crippen molar-refractivity contribution < 1.29 is 4.39 Å². The molecule has 4 aromatic heterocycles. The lowest BCUT2D eigenvalue weighted by atomic mass is 10.0. The Morgan fingerprint density at radius 2 is 1.93 bits per heavy atom. The molecule has 0 fully saturated rings. The lowest BCUT2D eigenvalue weighted by molar-refractivity contribution is 0.599. The molecule has 0 radical (unpaired) electrons. The number of hydrogen-bond donors (Lipinski definition) is 1. The molecule has 0 saturated carbocycles. The van der Waals surface area contributed by atoms with Crippen LogP contribution in [0.4, 0.5) is 4.39 Å². The second-order valence-corrected chi connectivity index (χ2v) is 6.47. The van der Waals surface area contributed by atoms with Crippen molar-refractivity contribution in [3.63, 3.8) is 0 Å². The Bertz CT molecular complexity index is 1390. The van der Waals surface area contributed by atoms with E-state index in [1.165, 1.54) is 16.8 Å². The van der Waals surface area contributed by atoms with Gasteiger partial charge in [-0.15, -0.1) is 0 Å². The first-order valence-electron chi connectivity index (χ1n) is 8.71. The van der Waals surface area contributed by atoms with Crippen molar-refractivity contribution in [1.29, 1.82) is 0 Å². The minimum Gasteiger partial charge on any atom is -0.346 e. The van der Waals surface area contributed by atoms with Gasteiger partial charge in [0.1, 0.15) is 17.0 Å². The van der Waals surface area contributed by atoms with Crippen LogP contribution in [0, 0.1) is 5.82 Å². The van der Waals surface area contributed by atoms with E-state index in [2.05, 4.69) is 19.9 Å². The van der Waals surface area contributed by atoms with E-state index >= 15 is 0 Å². The third-order valence-corrected chi connectivity index (χ3v) is 4.72. The highest BCUT2D eigenvalue weighted by Gasteiger charge is 2.11. The summed E-state index contributed by atoms with van der Waals surface area (Å²) in [7, 11) is 0. The van der Waals surface area contributed by atoms with Gasteiger partial charge in [0.15, 0.2) is 5.65 Å². The summed E-state index contributed by atoms with van der Waals surface area (Å²) in [6, 6.07) is 12.4. The summed E-state index contributed by atoms with van der Waals surface area (Å²) in [5.41, 5.74) is 3.44. The molecule has 5 rings (SSSR count). The molecule has 1 N–H and O–H groups in total. The summed E-state index contributed by atoms with van der Waals surface area (Å²) < 4.78 is 16.3. The van der Waals surface area contributed by atoms with Crippen LogP contribution in [0.5, 0.6) is 0 Å². The van der Waals surface area contributed by atoms with Gasteiger partial charge in [0, 0.05) is 35.1 Å². The van der Waals surface area contributed by atoms with Gasteiger partial charge in [0.05, 0.1) is 12.7 Å². The number of fused-ring (bicyclic) bond motifs is 2. The van der Waals surface area contributed by atoms with E-state index < -0.39 is 0 Å². The first-order valence-corrected chi connectivity index (χ1v) is 8.71. The summed E-state index contributed by atoms with van der Waals surface area (Å²) >= 11 is 0. The first kappa shape index (κ1) is 16.3. The SMILES string of the molecule is O=c1cnc2cccnc2n1Cc1ccc(-c2cnc3[nH]ccc3c2)cc1F. The molecule has 5 aromatic rings. The number of aromatic nitrogens is 5. The number of pyridine rings is 2. The number of nitrogens with one attached hydrogen (secondary N) is 1. The van der Waals surface area contributed by atoms with Crippen LogP contribution in [-0.4, -0.2) is 24.5 Å². The Morgan fingerprint density at radius 1 is 1.00 bits per heavy atom. The maximum atomic E-state index is 14.8. The molecular formula is C21H14FN5O. The number of H-pyrrole nitrogens is 1. The lowest BCUT2D eigenvalue weighted by Gasteiger charge is -2.10. The van der Waals surface area contributed by atoms with Crippen LogP contribution < -0.4 is 5.56 Å². The topological polar surface area (TPSA) is 76.5 Å². The van der Waals surface area contributed by atoms with E-state index in [1.807, 2.05) is 24.4 Å². The molecule has 0 aliphatic heterocycles. The summed E-state index contributed by atoms with van der Waals surface area (Å²) in [4.78, 5) is 27.9. The number of benzene rings is 1. The van der Waals surface area contributed by atoms with Crippen LogP contribution in [0.25, 0.3) is 33.3 Å². The second-order valence-electron chi connectivity index (χ2n) is 6.47. The van der Waals surface area contributed by atoms with Gasteiger partial charge in [-0.1, -0.05) is 12.1 Å². The van der Waals surface area contributed by atoms with E-state index in [9.17, 15) is 9.18 Å². The van der Waals surface area contributed by atoms with Gasteiger partial charge < -0.3 is 4.98 Å². The number of hydrogen-bond acceptors (Lipinski definition) is 4. The molecule has 0 aliphatic carbocycles. The van der Waals surface area contributed by atoms with Gasteiger partial charge >= 0.3 is 0 Å². The molecule has 0 unspecified atom stereocenters. The zero-order valence-corrected chi connectivity index (χ0v) is 14.6. The van der Waals surface area contributed by atoms with E-state index in [1.54, 1.807) is 30.6 Å². The van der Waals surface area contributed by atoms with Crippen molar-refractivity contribution in [2.75, 3.05) is 0 Å². The minimum atomic E-state index is -0.389. The van der Waals surface area contributed by atoms with Gasteiger partial charge in [-0.2, -0.15) is 0 Å². The maximum Gasteiger partial charge on any atom is 0.270 e. The molecule has 0 bridgehead atoms. The first-order chi connectivity index (χ1) is 13.7. The molecule has 6 nitrogen and oxygen atoms in total. The number of rotatable bonds is 3. The summed E-state index contributed by atoms with van der Waals surface area (Å²) in [5.74, 6) is -0.389. The van der Waals surface area contributed by atoms with Gasteiger partial charge in [-0.05, 0) is 35.9 Å². The third kappa shape index (κ3) is 2.73. The Hall–Kier alpha value is -3.87. The van der Waals surface area contributed by atoms with E-state index in [0.29, 0.717) is 16.7 Å².